The number of nitrogens with zero attached hydrogens (tertiary/aromatic N) is 2. The Bertz CT molecular complexity index is 1350. The number of carboxylic acid groups (broad SMARTS) is 1. The molecule has 0 unspecified atom stereocenters. The van der Waals surface area contributed by atoms with Gasteiger partial charge < -0.3 is 10.0 Å². The first-order valence-electron chi connectivity index (χ1n) is 11.1. The van der Waals surface area contributed by atoms with E-state index in [0.29, 0.717) is 18.5 Å². The highest BCUT2D eigenvalue weighted by Gasteiger charge is 2.53. The van der Waals surface area contributed by atoms with Crippen molar-refractivity contribution in [2.24, 2.45) is 0 Å². The number of rotatable bonds is 5. The Morgan fingerprint density at radius 3 is 2.09 bits per heavy atom. The number of hydrogen-bond acceptors (Lipinski definition) is 4. The van der Waals surface area contributed by atoms with Crippen molar-refractivity contribution in [1.82, 2.24) is 4.31 Å². The molecule has 1 spiro atoms. The molecule has 2 aliphatic rings. The second-order valence-corrected chi connectivity index (χ2v) is 10.6. The van der Waals surface area contributed by atoms with E-state index in [1.807, 2.05) is 42.5 Å². The first-order valence-corrected chi connectivity index (χ1v) is 12.6. The summed E-state index contributed by atoms with van der Waals surface area (Å²) < 4.78 is 28.1. The van der Waals surface area contributed by atoms with E-state index in [1.165, 1.54) is 9.21 Å². The van der Waals surface area contributed by atoms with Crippen LogP contribution in [0.1, 0.15) is 18.4 Å². The summed E-state index contributed by atoms with van der Waals surface area (Å²) in [5.74, 6) is -1.35. The Kier molecular flexibility index (Phi) is 5.50. The number of anilines is 1. The van der Waals surface area contributed by atoms with Crippen molar-refractivity contribution in [3.8, 4) is 11.1 Å². The first kappa shape index (κ1) is 22.3. The van der Waals surface area contributed by atoms with Gasteiger partial charge in [-0.3, -0.25) is 9.59 Å². The van der Waals surface area contributed by atoms with Gasteiger partial charge in [0.25, 0.3) is 0 Å². The van der Waals surface area contributed by atoms with Crippen LogP contribution in [0.5, 0.6) is 0 Å². The standard InChI is InChI=1S/C26H24N2O5S/c29-24(30)18-28-23-9-5-4-8-22(23)26(25(28)31)14-16-27(17-15-26)34(32,33)21-12-10-20(11-13-21)19-6-2-1-3-7-19/h1-13H,14-18H2,(H,29,30). The minimum atomic E-state index is -3.72. The van der Waals surface area contributed by atoms with Crippen LogP contribution in [-0.2, 0) is 25.0 Å². The zero-order valence-electron chi connectivity index (χ0n) is 18.4. The summed E-state index contributed by atoms with van der Waals surface area (Å²) in [6.07, 6.45) is 0.612. The molecule has 0 atom stereocenters. The third-order valence-corrected chi connectivity index (χ3v) is 8.75. The zero-order chi connectivity index (χ0) is 23.9. The van der Waals surface area contributed by atoms with E-state index in [1.54, 1.807) is 36.4 Å². The van der Waals surface area contributed by atoms with Gasteiger partial charge in [0, 0.05) is 18.8 Å². The third-order valence-electron chi connectivity index (χ3n) is 6.83. The molecule has 5 rings (SSSR count). The summed E-state index contributed by atoms with van der Waals surface area (Å²) in [4.78, 5) is 26.2. The summed E-state index contributed by atoms with van der Waals surface area (Å²) in [5, 5.41) is 9.29. The molecule has 1 saturated heterocycles. The van der Waals surface area contributed by atoms with Crippen LogP contribution in [-0.4, -0.2) is 49.3 Å². The molecule has 2 aliphatic heterocycles. The van der Waals surface area contributed by atoms with E-state index in [4.69, 9.17) is 0 Å². The highest BCUT2D eigenvalue weighted by atomic mass is 32.2. The molecule has 0 saturated carbocycles. The van der Waals surface area contributed by atoms with Crippen molar-refractivity contribution in [2.45, 2.75) is 23.2 Å². The first-order chi connectivity index (χ1) is 16.3. The smallest absolute Gasteiger partial charge is 0.323 e. The molecule has 3 aromatic rings. The molecule has 7 nitrogen and oxygen atoms in total. The molecule has 0 radical (unpaired) electrons. The van der Waals surface area contributed by atoms with Gasteiger partial charge in [-0.1, -0.05) is 60.7 Å². The van der Waals surface area contributed by atoms with Gasteiger partial charge in [-0.05, 0) is 47.7 Å². The number of para-hydroxylation sites is 1. The molecule has 8 heteroatoms. The quantitative estimate of drug-likeness (QED) is 0.608. The number of amides is 1. The highest BCUT2D eigenvalue weighted by Crippen LogP contribution is 2.48. The second kappa shape index (κ2) is 8.38. The van der Waals surface area contributed by atoms with E-state index < -0.39 is 28.0 Å². The van der Waals surface area contributed by atoms with Gasteiger partial charge in [0.1, 0.15) is 6.54 Å². The molecular weight excluding hydrogens is 452 g/mol. The van der Waals surface area contributed by atoms with Crippen LogP contribution in [0.25, 0.3) is 11.1 Å². The SMILES string of the molecule is O=C(O)CN1C(=O)C2(CCN(S(=O)(=O)c3ccc(-c4ccccc4)cc3)CC2)c2ccccc21. The van der Waals surface area contributed by atoms with Gasteiger partial charge in [0.2, 0.25) is 15.9 Å². The van der Waals surface area contributed by atoms with E-state index >= 15 is 0 Å². The number of sulfonamides is 1. The minimum Gasteiger partial charge on any atom is -0.480 e. The largest absolute Gasteiger partial charge is 0.480 e. The molecule has 0 aromatic heterocycles. The Morgan fingerprint density at radius 2 is 1.44 bits per heavy atom. The van der Waals surface area contributed by atoms with E-state index in [-0.39, 0.29) is 23.9 Å². The van der Waals surface area contributed by atoms with Gasteiger partial charge in [-0.15, -0.1) is 0 Å². The maximum absolute atomic E-state index is 13.4. The number of carbonyl (C=O) groups excluding carboxylic acids is 1. The summed E-state index contributed by atoms with van der Waals surface area (Å²) in [6.45, 7) is -0.0408. The molecular formula is C26H24N2O5S. The molecule has 1 amide bonds. The number of piperidine rings is 1. The summed E-state index contributed by atoms with van der Waals surface area (Å²) in [6, 6.07) is 23.8. The fourth-order valence-electron chi connectivity index (χ4n) is 5.08. The summed E-state index contributed by atoms with van der Waals surface area (Å²) in [7, 11) is -3.72. The molecule has 1 fully saturated rings. The molecule has 0 bridgehead atoms. The molecule has 3 aromatic carbocycles. The fourth-order valence-corrected chi connectivity index (χ4v) is 6.52. The Labute approximate surface area is 198 Å². The second-order valence-electron chi connectivity index (χ2n) is 8.68. The topological polar surface area (TPSA) is 95.0 Å². The molecule has 1 N–H and O–H groups in total. The Hall–Kier alpha value is -3.49. The van der Waals surface area contributed by atoms with Crippen molar-refractivity contribution >= 4 is 27.6 Å². The van der Waals surface area contributed by atoms with Gasteiger partial charge in [-0.25, -0.2) is 8.42 Å². The predicted molar refractivity (Wildman–Crippen MR) is 128 cm³/mol. The molecule has 174 valence electrons. The van der Waals surface area contributed by atoms with Crippen LogP contribution in [0.4, 0.5) is 5.69 Å². The van der Waals surface area contributed by atoms with E-state index in [9.17, 15) is 23.1 Å². The van der Waals surface area contributed by atoms with E-state index in [2.05, 4.69) is 0 Å². The minimum absolute atomic E-state index is 0.184. The van der Waals surface area contributed by atoms with Crippen molar-refractivity contribution in [3.05, 3.63) is 84.4 Å². The van der Waals surface area contributed by atoms with Crippen LogP contribution < -0.4 is 4.90 Å². The Morgan fingerprint density at radius 1 is 0.853 bits per heavy atom. The number of benzene rings is 3. The van der Waals surface area contributed by atoms with Gasteiger partial charge in [0.15, 0.2) is 0 Å². The van der Waals surface area contributed by atoms with Crippen molar-refractivity contribution < 1.29 is 23.1 Å². The van der Waals surface area contributed by atoms with Crippen LogP contribution in [0, 0.1) is 0 Å². The lowest BCUT2D eigenvalue weighted by molar-refractivity contribution is -0.137. The summed E-state index contributed by atoms with van der Waals surface area (Å²) >= 11 is 0. The van der Waals surface area contributed by atoms with Crippen LogP contribution >= 0.6 is 0 Å². The Balaban J connectivity index is 1.38. The zero-order valence-corrected chi connectivity index (χ0v) is 19.2. The van der Waals surface area contributed by atoms with E-state index in [0.717, 1.165) is 16.7 Å². The van der Waals surface area contributed by atoms with Gasteiger partial charge in [-0.2, -0.15) is 4.31 Å². The van der Waals surface area contributed by atoms with Crippen LogP contribution in [0.2, 0.25) is 0 Å². The number of aliphatic carboxylic acids is 1. The normalized spacial score (nSPS) is 17.6. The maximum Gasteiger partial charge on any atom is 0.323 e. The number of carboxylic acids is 1. The molecule has 0 aliphatic carbocycles. The predicted octanol–water partition coefficient (Wildman–Crippen LogP) is 3.51. The third kappa shape index (κ3) is 3.59. The number of carbonyl (C=O) groups is 2. The van der Waals surface area contributed by atoms with Crippen molar-refractivity contribution in [2.75, 3.05) is 24.5 Å². The van der Waals surface area contributed by atoms with Gasteiger partial charge >= 0.3 is 5.97 Å². The molecule has 2 heterocycles. The lowest BCUT2D eigenvalue weighted by Gasteiger charge is -2.37. The maximum atomic E-state index is 13.4. The van der Waals surface area contributed by atoms with Crippen LogP contribution in [0.3, 0.4) is 0 Å². The van der Waals surface area contributed by atoms with Crippen molar-refractivity contribution in [3.63, 3.8) is 0 Å². The average Bonchev–Trinajstić information content (AvgIpc) is 3.07. The monoisotopic (exact) mass is 476 g/mol. The molecule has 34 heavy (non-hydrogen) atoms. The van der Waals surface area contributed by atoms with Crippen molar-refractivity contribution in [1.29, 1.82) is 0 Å². The highest BCUT2D eigenvalue weighted by molar-refractivity contribution is 7.89. The van der Waals surface area contributed by atoms with Crippen LogP contribution in [0.15, 0.2) is 83.8 Å². The van der Waals surface area contributed by atoms with Gasteiger partial charge in [0.05, 0.1) is 10.3 Å². The lowest BCUT2D eigenvalue weighted by atomic mass is 9.74. The number of hydrogen-bond donors (Lipinski definition) is 1. The summed E-state index contributed by atoms with van der Waals surface area (Å²) in [5.41, 5.74) is 2.43. The fraction of sp³-hybridized carbons (Fsp3) is 0.231. The average molecular weight is 477 g/mol. The number of fused-ring (bicyclic) bond motifs is 2. The lowest BCUT2D eigenvalue weighted by Crippen LogP contribution is -2.50.